The largest absolute Gasteiger partial charge is 0.460 e. The van der Waals surface area contributed by atoms with Crippen molar-refractivity contribution in [3.05, 3.63) is 58.3 Å². The molecule has 0 aliphatic rings. The summed E-state index contributed by atoms with van der Waals surface area (Å²) in [5.74, 6) is 2.18. The molecule has 0 fully saturated rings. The Hall–Kier alpha value is -2.47. The molecule has 0 bridgehead atoms. The number of hydrogen-bond donors (Lipinski definition) is 1. The van der Waals surface area contributed by atoms with Crippen LogP contribution < -0.4 is 0 Å². The number of rotatable bonds is 3. The monoisotopic (exact) mass is 340 g/mol. The van der Waals surface area contributed by atoms with E-state index in [2.05, 4.69) is 48.2 Å². The van der Waals surface area contributed by atoms with Crippen molar-refractivity contribution in [1.29, 1.82) is 0 Å². The lowest BCUT2D eigenvalue weighted by molar-refractivity contribution is 0.527. The van der Waals surface area contributed by atoms with Crippen LogP contribution in [0.3, 0.4) is 0 Å². The minimum absolute atomic E-state index is 0.110. The Morgan fingerprint density at radius 2 is 1.88 bits per heavy atom. The number of aromatic amines is 1. The number of furan rings is 1. The number of aromatic nitrogens is 3. The zero-order chi connectivity index (χ0) is 17.3. The second-order valence-corrected chi connectivity index (χ2v) is 7.07. The molecule has 0 radical (unpaired) electrons. The fourth-order valence-electron chi connectivity index (χ4n) is 2.34. The summed E-state index contributed by atoms with van der Waals surface area (Å²) in [7, 11) is 0. The van der Waals surface area contributed by atoms with Gasteiger partial charge in [0.2, 0.25) is 4.77 Å². The molecule has 0 saturated carbocycles. The number of nitrogens with one attached hydrogen (secondary N) is 1. The first kappa shape index (κ1) is 16.4. The summed E-state index contributed by atoms with van der Waals surface area (Å²) in [4.78, 5) is 0. The van der Waals surface area contributed by atoms with Crippen molar-refractivity contribution >= 4 is 18.4 Å². The highest BCUT2D eigenvalue weighted by Gasteiger charge is 2.14. The smallest absolute Gasteiger partial charge is 0.216 e. The van der Waals surface area contributed by atoms with Crippen LogP contribution in [0.4, 0.5) is 0 Å². The third kappa shape index (κ3) is 3.38. The Labute approximate surface area is 146 Å². The van der Waals surface area contributed by atoms with Crippen molar-refractivity contribution in [3.63, 3.8) is 0 Å². The van der Waals surface area contributed by atoms with E-state index in [1.807, 2.05) is 31.2 Å². The van der Waals surface area contributed by atoms with Gasteiger partial charge in [-0.3, -0.25) is 0 Å². The van der Waals surface area contributed by atoms with Crippen molar-refractivity contribution in [1.82, 2.24) is 14.9 Å². The zero-order valence-electron chi connectivity index (χ0n) is 14.2. The van der Waals surface area contributed by atoms with Crippen molar-refractivity contribution < 1.29 is 4.42 Å². The molecule has 2 heterocycles. The third-order valence-corrected chi connectivity index (χ3v) is 3.99. The van der Waals surface area contributed by atoms with Gasteiger partial charge in [0.05, 0.1) is 6.21 Å². The Kier molecular flexibility index (Phi) is 4.24. The van der Waals surface area contributed by atoms with Crippen LogP contribution >= 0.6 is 12.2 Å². The number of benzene rings is 1. The molecule has 1 aromatic carbocycles. The van der Waals surface area contributed by atoms with Crippen molar-refractivity contribution in [3.8, 4) is 11.4 Å². The molecule has 124 valence electrons. The molecule has 0 aliphatic heterocycles. The molecule has 2 aromatic heterocycles. The molecule has 24 heavy (non-hydrogen) atoms. The van der Waals surface area contributed by atoms with Gasteiger partial charge in [-0.1, -0.05) is 45.0 Å². The Balaban J connectivity index is 1.95. The normalized spacial score (nSPS) is 12.2. The van der Waals surface area contributed by atoms with Gasteiger partial charge < -0.3 is 4.42 Å². The third-order valence-electron chi connectivity index (χ3n) is 3.72. The minimum atomic E-state index is 0.110. The van der Waals surface area contributed by atoms with E-state index in [1.165, 1.54) is 5.56 Å². The van der Waals surface area contributed by atoms with Gasteiger partial charge in [0.25, 0.3) is 0 Å². The summed E-state index contributed by atoms with van der Waals surface area (Å²) in [6.45, 7) is 8.46. The van der Waals surface area contributed by atoms with E-state index in [0.717, 1.165) is 11.3 Å². The zero-order valence-corrected chi connectivity index (χ0v) is 15.0. The summed E-state index contributed by atoms with van der Waals surface area (Å²) in [6, 6.07) is 12.0. The second-order valence-electron chi connectivity index (χ2n) is 6.68. The van der Waals surface area contributed by atoms with E-state index in [1.54, 1.807) is 10.9 Å². The van der Waals surface area contributed by atoms with Crippen molar-refractivity contribution in [2.75, 3.05) is 0 Å². The van der Waals surface area contributed by atoms with Gasteiger partial charge in [0.1, 0.15) is 11.5 Å². The van der Waals surface area contributed by atoms with Crippen LogP contribution in [0.5, 0.6) is 0 Å². The summed E-state index contributed by atoms with van der Waals surface area (Å²) in [6.07, 6.45) is 1.63. The molecule has 0 saturated heterocycles. The predicted octanol–water partition coefficient (Wildman–Crippen LogP) is 4.69. The number of nitrogens with zero attached hydrogens (tertiary/aromatic N) is 3. The van der Waals surface area contributed by atoms with Gasteiger partial charge in [0.15, 0.2) is 5.82 Å². The van der Waals surface area contributed by atoms with Gasteiger partial charge in [-0.15, -0.1) is 0 Å². The maximum Gasteiger partial charge on any atom is 0.216 e. The Morgan fingerprint density at radius 3 is 2.46 bits per heavy atom. The maximum absolute atomic E-state index is 5.49. The minimum Gasteiger partial charge on any atom is -0.460 e. The Morgan fingerprint density at radius 1 is 1.17 bits per heavy atom. The van der Waals surface area contributed by atoms with Crippen LogP contribution in [0.2, 0.25) is 0 Å². The molecular formula is C18H20N4OS. The van der Waals surface area contributed by atoms with Gasteiger partial charge in [0, 0.05) is 5.56 Å². The van der Waals surface area contributed by atoms with Crippen LogP contribution in [-0.2, 0) is 5.41 Å². The van der Waals surface area contributed by atoms with Gasteiger partial charge in [-0.2, -0.15) is 14.9 Å². The quantitative estimate of drug-likeness (QED) is 0.556. The summed E-state index contributed by atoms with van der Waals surface area (Å²) < 4.78 is 7.52. The number of hydrogen-bond acceptors (Lipinski definition) is 4. The van der Waals surface area contributed by atoms with Gasteiger partial charge in [-0.25, -0.2) is 5.10 Å². The molecule has 1 N–H and O–H groups in total. The highest BCUT2D eigenvalue weighted by Crippen LogP contribution is 2.25. The van der Waals surface area contributed by atoms with Crippen LogP contribution in [0.25, 0.3) is 11.4 Å². The lowest BCUT2D eigenvalue weighted by atomic mass is 9.87. The second kappa shape index (κ2) is 6.20. The van der Waals surface area contributed by atoms with Gasteiger partial charge in [-0.05, 0) is 42.3 Å². The lowest BCUT2D eigenvalue weighted by Crippen LogP contribution is -2.10. The maximum atomic E-state index is 5.49. The molecule has 0 spiro atoms. The van der Waals surface area contributed by atoms with Crippen LogP contribution in [-0.4, -0.2) is 21.1 Å². The first-order valence-corrected chi connectivity index (χ1v) is 8.14. The first-order valence-electron chi connectivity index (χ1n) is 7.74. The summed E-state index contributed by atoms with van der Waals surface area (Å²) in [5, 5.41) is 11.5. The molecule has 0 aliphatic carbocycles. The van der Waals surface area contributed by atoms with Crippen LogP contribution in [0, 0.1) is 11.7 Å². The van der Waals surface area contributed by atoms with E-state index in [0.29, 0.717) is 16.4 Å². The standard InChI is InChI=1S/C18H20N4OS/c1-12-5-10-15(23-12)11-19-22-16(20-21-17(22)24)13-6-8-14(9-7-13)18(2,3)4/h5-11H,1-4H3,(H,21,24). The number of H-pyrrole nitrogens is 1. The predicted molar refractivity (Wildman–Crippen MR) is 98.0 cm³/mol. The molecule has 3 aromatic rings. The lowest BCUT2D eigenvalue weighted by Gasteiger charge is -2.18. The van der Waals surface area contributed by atoms with Gasteiger partial charge >= 0.3 is 0 Å². The van der Waals surface area contributed by atoms with E-state index in [9.17, 15) is 0 Å². The number of aryl methyl sites for hydroxylation is 1. The molecule has 5 nitrogen and oxygen atoms in total. The average molecular weight is 340 g/mol. The fourth-order valence-corrected chi connectivity index (χ4v) is 2.52. The highest BCUT2D eigenvalue weighted by atomic mass is 32.1. The molecular weight excluding hydrogens is 320 g/mol. The SMILES string of the molecule is Cc1ccc(C=Nn2c(-c3ccc(C(C)(C)C)cc3)n[nH]c2=S)o1. The molecule has 0 amide bonds. The van der Waals surface area contributed by atoms with E-state index >= 15 is 0 Å². The highest BCUT2D eigenvalue weighted by molar-refractivity contribution is 7.71. The van der Waals surface area contributed by atoms with E-state index in [4.69, 9.17) is 16.6 Å². The molecule has 0 unspecified atom stereocenters. The average Bonchev–Trinajstić information content (AvgIpc) is 3.10. The van der Waals surface area contributed by atoms with E-state index in [-0.39, 0.29) is 5.41 Å². The van der Waals surface area contributed by atoms with Crippen molar-refractivity contribution in [2.24, 2.45) is 5.10 Å². The summed E-state index contributed by atoms with van der Waals surface area (Å²) in [5.41, 5.74) is 2.32. The van der Waals surface area contributed by atoms with E-state index < -0.39 is 0 Å². The topological polar surface area (TPSA) is 59.1 Å². The first-order chi connectivity index (χ1) is 11.3. The van der Waals surface area contributed by atoms with Crippen LogP contribution in [0.15, 0.2) is 45.9 Å². The molecule has 3 rings (SSSR count). The fraction of sp³-hybridized carbons (Fsp3) is 0.278. The van der Waals surface area contributed by atoms with Crippen LogP contribution in [0.1, 0.15) is 37.9 Å². The molecule has 0 atom stereocenters. The summed E-state index contributed by atoms with van der Waals surface area (Å²) >= 11 is 5.28. The molecule has 6 heteroatoms. The Bertz CT molecular complexity index is 923. The van der Waals surface area contributed by atoms with Crippen molar-refractivity contribution in [2.45, 2.75) is 33.1 Å².